The van der Waals surface area contributed by atoms with Crippen LogP contribution in [0.25, 0.3) is 0 Å². The average Bonchev–Trinajstić information content (AvgIpc) is 1.00. The molecule has 0 aliphatic heterocycles. The van der Waals surface area contributed by atoms with Crippen molar-refractivity contribution >= 4 is 9.12 Å². The molecular weight excluding hydrogens is 67.8 g/mol. The Kier molecular flexibility index (Phi) is 225. The Morgan fingerprint density at radius 3 is 0.800 bits per heavy atom. The van der Waals surface area contributed by atoms with Crippen LogP contribution in [0.3, 0.4) is 0 Å². The van der Waals surface area contributed by atoms with E-state index in [9.17, 15) is 0 Å². The van der Waals surface area contributed by atoms with Crippen LogP contribution in [0.5, 0.6) is 0 Å². The van der Waals surface area contributed by atoms with Crippen molar-refractivity contribution in [1.29, 1.82) is 0 Å². The zero-order valence-corrected chi connectivity index (χ0v) is 4.75. The molecule has 0 aromatic heterocycles. The minimum Gasteiger partial charge on any atom is -0.550 e. The molecule has 0 bridgehead atoms. The van der Waals surface area contributed by atoms with Crippen molar-refractivity contribution in [1.82, 2.24) is 0 Å². The monoisotopic (exact) mass is 68.0 g/mol. The molecule has 0 amide bonds. The number of hydrogen-bond donors (Lipinski definition) is 0. The molecule has 5 heavy (non-hydrogen) atoms. The van der Waals surface area contributed by atoms with E-state index in [1.165, 1.54) is 0 Å². The summed E-state index contributed by atoms with van der Waals surface area (Å²) in [6.45, 7) is 0. The normalized spacial score (nSPS) is 0.800. The summed E-state index contributed by atoms with van der Waals surface area (Å²) in [5.74, 6) is 0. The van der Waals surface area contributed by atoms with Crippen LogP contribution in [0.4, 0.5) is 0 Å². The number of hydrogen-bond acceptors (Lipinski definition) is 1. The molecular formula is Li3OP+2. The van der Waals surface area contributed by atoms with Crippen LogP contribution in [0.2, 0.25) is 0 Å². The molecule has 0 spiro atoms. The third kappa shape index (κ3) is 24.9. The first-order valence-corrected chi connectivity index (χ1v) is 0.548. The maximum Gasteiger partial charge on any atom is 1.00 e. The molecule has 5 heteroatoms. The molecule has 0 saturated carbocycles. The van der Waals surface area contributed by atoms with Gasteiger partial charge in [-0.3, -0.25) is 0 Å². The Bertz CT molecular complexity index is 6.85. The zero-order chi connectivity index (χ0) is 2.00. The fraction of sp³-hybridized carbons (Fsp3) is 0. The van der Waals surface area contributed by atoms with Crippen molar-refractivity contribution in [3.8, 4) is 0 Å². The largest absolute Gasteiger partial charge is 1.00 e. The van der Waals surface area contributed by atoms with E-state index in [1.807, 2.05) is 0 Å². The predicted octanol–water partition coefficient (Wildman–Crippen LogP) is -8.25. The van der Waals surface area contributed by atoms with E-state index in [1.54, 1.807) is 0 Å². The molecule has 0 N–H and O–H groups in total. The molecule has 0 unspecified atom stereocenters. The first kappa shape index (κ1) is 28.6. The van der Waals surface area contributed by atoms with E-state index in [0.717, 1.165) is 0 Å². The van der Waals surface area contributed by atoms with Crippen molar-refractivity contribution < 1.29 is 61.1 Å². The second-order valence-corrected chi connectivity index (χ2v) is 0. The fourth-order valence-corrected chi connectivity index (χ4v) is 0. The Morgan fingerprint density at radius 2 is 0.800 bits per heavy atom. The molecule has 0 heterocycles. The van der Waals surface area contributed by atoms with Crippen LogP contribution in [0, 0.1) is 0 Å². The molecule has 0 aromatic carbocycles. The van der Waals surface area contributed by atoms with E-state index in [2.05, 4.69) is 9.12 Å². The summed E-state index contributed by atoms with van der Waals surface area (Å²) in [6.07, 6.45) is 0. The van der Waals surface area contributed by atoms with Crippen molar-refractivity contribution in [2.75, 3.05) is 0 Å². The van der Waals surface area contributed by atoms with Gasteiger partial charge in [-0.05, 0) is 0 Å². The summed E-state index contributed by atoms with van der Waals surface area (Å²) < 4.78 is 7.94. The van der Waals surface area contributed by atoms with Gasteiger partial charge in [0, 0.05) is 0 Å². The van der Waals surface area contributed by atoms with Gasteiger partial charge in [-0.2, -0.15) is 0 Å². The Morgan fingerprint density at radius 1 is 0.800 bits per heavy atom. The van der Waals surface area contributed by atoms with Crippen LogP contribution < -0.4 is 56.6 Å². The maximum absolute atomic E-state index is 7.94. The SMILES string of the molecule is O=[P-].[Li+].[Li+].[Li+]. The molecule has 0 saturated heterocycles. The van der Waals surface area contributed by atoms with Gasteiger partial charge in [0.2, 0.25) is 0 Å². The topological polar surface area (TPSA) is 17.1 Å². The average molecular weight is 67.8 g/mol. The van der Waals surface area contributed by atoms with Crippen LogP contribution in [-0.4, -0.2) is 0 Å². The van der Waals surface area contributed by atoms with Gasteiger partial charge in [0.25, 0.3) is 0 Å². The van der Waals surface area contributed by atoms with Crippen LogP contribution in [0.15, 0.2) is 0 Å². The molecule has 0 atom stereocenters. The van der Waals surface area contributed by atoms with Crippen molar-refractivity contribution in [3.05, 3.63) is 0 Å². The van der Waals surface area contributed by atoms with E-state index < -0.39 is 0 Å². The van der Waals surface area contributed by atoms with Crippen molar-refractivity contribution in [2.45, 2.75) is 0 Å². The zero-order valence-electron chi connectivity index (χ0n) is 3.86. The summed E-state index contributed by atoms with van der Waals surface area (Å²) in [4.78, 5) is 0. The Labute approximate surface area is 69.8 Å². The first-order chi connectivity index (χ1) is 1.00. The minimum atomic E-state index is 0. The fourth-order valence-electron chi connectivity index (χ4n) is 0. The molecule has 0 aliphatic carbocycles. The second kappa shape index (κ2) is 39.4. The third-order valence-corrected chi connectivity index (χ3v) is 0. The molecule has 0 rings (SSSR count). The smallest absolute Gasteiger partial charge is 0.550 e. The molecule has 0 aliphatic rings. The summed E-state index contributed by atoms with van der Waals surface area (Å²) in [7, 11) is 2.28. The van der Waals surface area contributed by atoms with E-state index in [-0.39, 0.29) is 56.6 Å². The standard InChI is InChI=1S/3Li.OP/c;;;1-2/q3*+1;-1. The Balaban J connectivity index is -0.00000000167. The van der Waals surface area contributed by atoms with Crippen LogP contribution in [0.1, 0.15) is 0 Å². The molecule has 12 valence electrons. The van der Waals surface area contributed by atoms with Gasteiger partial charge in [0.05, 0.1) is 0 Å². The summed E-state index contributed by atoms with van der Waals surface area (Å²) in [6, 6.07) is 0. The van der Waals surface area contributed by atoms with Gasteiger partial charge in [-0.25, -0.2) is 0 Å². The molecule has 0 radical (unpaired) electrons. The summed E-state index contributed by atoms with van der Waals surface area (Å²) in [5.41, 5.74) is 0. The predicted molar refractivity (Wildman–Crippen MR) is 7.61 cm³/mol. The van der Waals surface area contributed by atoms with Crippen molar-refractivity contribution in [3.63, 3.8) is 0 Å². The van der Waals surface area contributed by atoms with Gasteiger partial charge in [-0.15, -0.1) is 0 Å². The van der Waals surface area contributed by atoms with Crippen LogP contribution >= 0.6 is 9.12 Å². The van der Waals surface area contributed by atoms with Gasteiger partial charge in [-0.1, -0.05) is 0 Å². The quantitative estimate of drug-likeness (QED) is 0.203. The minimum absolute atomic E-state index is 0. The second-order valence-electron chi connectivity index (χ2n) is 0. The molecule has 0 aromatic rings. The third-order valence-electron chi connectivity index (χ3n) is 0. The maximum atomic E-state index is 7.94. The van der Waals surface area contributed by atoms with E-state index >= 15 is 0 Å². The summed E-state index contributed by atoms with van der Waals surface area (Å²) >= 11 is 0. The van der Waals surface area contributed by atoms with Gasteiger partial charge in [0.15, 0.2) is 0 Å². The van der Waals surface area contributed by atoms with Gasteiger partial charge >= 0.3 is 56.6 Å². The molecule has 1 nitrogen and oxygen atoms in total. The van der Waals surface area contributed by atoms with Gasteiger partial charge in [0.1, 0.15) is 0 Å². The summed E-state index contributed by atoms with van der Waals surface area (Å²) in [5, 5.41) is 0. The van der Waals surface area contributed by atoms with Crippen molar-refractivity contribution in [2.24, 2.45) is 0 Å². The van der Waals surface area contributed by atoms with Gasteiger partial charge < -0.3 is 13.7 Å². The molecule has 0 fully saturated rings. The number of rotatable bonds is 0. The Hall–Kier alpha value is 1.89. The first-order valence-electron chi connectivity index (χ1n) is 0.183. The van der Waals surface area contributed by atoms with Crippen LogP contribution in [-0.2, 0) is 4.57 Å². The van der Waals surface area contributed by atoms with E-state index in [4.69, 9.17) is 4.57 Å². The van der Waals surface area contributed by atoms with E-state index in [0.29, 0.717) is 0 Å².